The van der Waals surface area contributed by atoms with Crippen LogP contribution >= 0.6 is 0 Å². The zero-order chi connectivity index (χ0) is 28.2. The maximum Gasteiger partial charge on any atom is 0.162 e. The van der Waals surface area contributed by atoms with Gasteiger partial charge in [-0.05, 0) is 71.3 Å². The van der Waals surface area contributed by atoms with E-state index in [2.05, 4.69) is 47.4 Å². The summed E-state index contributed by atoms with van der Waals surface area (Å²) < 4.78 is 23.8. The summed E-state index contributed by atoms with van der Waals surface area (Å²) in [4.78, 5) is 2.53. The van der Waals surface area contributed by atoms with Gasteiger partial charge in [-0.1, -0.05) is 66.7 Å². The number of ether oxygens (including phenoxy) is 4. The highest BCUT2D eigenvalue weighted by molar-refractivity contribution is 5.51. The molecule has 2 heterocycles. The third-order valence-corrected chi connectivity index (χ3v) is 8.26. The Morgan fingerprint density at radius 3 is 1.93 bits per heavy atom. The normalized spacial score (nSPS) is 20.0. The number of hydrogen-bond acceptors (Lipinski definition) is 6. The summed E-state index contributed by atoms with van der Waals surface area (Å²) in [6.07, 6.45) is 1.84. The Morgan fingerprint density at radius 2 is 1.29 bits per heavy atom. The molecule has 1 N–H and O–H groups in total. The lowest BCUT2D eigenvalue weighted by Gasteiger charge is -2.47. The van der Waals surface area contributed by atoms with E-state index < -0.39 is 6.10 Å². The van der Waals surface area contributed by atoms with Crippen LogP contribution in [0.25, 0.3) is 0 Å². The molecule has 0 bridgehead atoms. The molecular weight excluding hydrogens is 514 g/mol. The van der Waals surface area contributed by atoms with Crippen molar-refractivity contribution in [1.82, 2.24) is 4.90 Å². The molecular formula is C35H37NO5. The first-order valence-corrected chi connectivity index (χ1v) is 14.3. The van der Waals surface area contributed by atoms with Gasteiger partial charge in [-0.25, -0.2) is 0 Å². The molecule has 41 heavy (non-hydrogen) atoms. The van der Waals surface area contributed by atoms with E-state index in [1.807, 2.05) is 48.5 Å². The minimum absolute atomic E-state index is 0.0689. The van der Waals surface area contributed by atoms with Crippen LogP contribution < -0.4 is 18.9 Å². The smallest absolute Gasteiger partial charge is 0.162 e. The van der Waals surface area contributed by atoms with Crippen molar-refractivity contribution in [3.05, 3.63) is 119 Å². The predicted octanol–water partition coefficient (Wildman–Crippen LogP) is 6.66. The molecule has 6 nitrogen and oxygen atoms in total. The minimum Gasteiger partial charge on any atom is -0.493 e. The number of aliphatic hydroxyl groups is 1. The SMILES string of the molecule is COc1ccc([C@@H]2C[C@H](O)C[C@H]3c4cc(OCc5ccccc5)c(OCc5ccccc5)cc4CCN23)cc1OC. The highest BCUT2D eigenvalue weighted by Gasteiger charge is 2.40. The van der Waals surface area contributed by atoms with Crippen LogP contribution in [0, 0.1) is 0 Å². The fraction of sp³-hybridized carbons (Fsp3) is 0.314. The van der Waals surface area contributed by atoms with E-state index in [9.17, 15) is 5.11 Å². The van der Waals surface area contributed by atoms with Crippen molar-refractivity contribution in [2.75, 3.05) is 20.8 Å². The van der Waals surface area contributed by atoms with Crippen molar-refractivity contribution >= 4 is 0 Å². The van der Waals surface area contributed by atoms with Gasteiger partial charge in [0.05, 0.1) is 20.3 Å². The molecule has 212 valence electrons. The van der Waals surface area contributed by atoms with E-state index in [0.29, 0.717) is 37.6 Å². The van der Waals surface area contributed by atoms with Gasteiger partial charge < -0.3 is 24.1 Å². The predicted molar refractivity (Wildman–Crippen MR) is 159 cm³/mol. The highest BCUT2D eigenvalue weighted by atomic mass is 16.5. The summed E-state index contributed by atoms with van der Waals surface area (Å²) in [5, 5.41) is 11.1. The largest absolute Gasteiger partial charge is 0.493 e. The van der Waals surface area contributed by atoms with Crippen LogP contribution in [-0.2, 0) is 19.6 Å². The van der Waals surface area contributed by atoms with Crippen LogP contribution in [0.1, 0.15) is 52.7 Å². The minimum atomic E-state index is -0.414. The zero-order valence-corrected chi connectivity index (χ0v) is 23.7. The third-order valence-electron chi connectivity index (χ3n) is 8.26. The number of piperidine rings is 1. The van der Waals surface area contributed by atoms with Crippen molar-refractivity contribution in [2.45, 2.75) is 50.7 Å². The fourth-order valence-corrected chi connectivity index (χ4v) is 6.19. The molecule has 0 aromatic heterocycles. The molecule has 2 aliphatic heterocycles. The van der Waals surface area contributed by atoms with E-state index >= 15 is 0 Å². The Kier molecular flexibility index (Phi) is 8.12. The molecule has 0 radical (unpaired) electrons. The fourth-order valence-electron chi connectivity index (χ4n) is 6.19. The quantitative estimate of drug-likeness (QED) is 0.251. The second kappa shape index (κ2) is 12.2. The van der Waals surface area contributed by atoms with Crippen molar-refractivity contribution in [3.63, 3.8) is 0 Å². The van der Waals surface area contributed by atoms with Gasteiger partial charge >= 0.3 is 0 Å². The molecule has 1 fully saturated rings. The zero-order valence-electron chi connectivity index (χ0n) is 23.7. The Balaban J connectivity index is 1.32. The molecule has 2 aliphatic rings. The Hall–Kier alpha value is -4.00. The summed E-state index contributed by atoms with van der Waals surface area (Å²) >= 11 is 0. The van der Waals surface area contributed by atoms with Crippen molar-refractivity contribution in [1.29, 1.82) is 0 Å². The first-order valence-electron chi connectivity index (χ1n) is 14.3. The standard InChI is InChI=1S/C35H37NO5/c1-38-32-14-13-27(18-33(32)39-2)30-19-28(37)20-31-29-21-35(41-23-25-11-7-4-8-12-25)34(17-26(29)15-16-36(30)31)40-22-24-9-5-3-6-10-24/h3-14,17-18,21,28,30-31,37H,15-16,19-20,22-23H2,1-2H3/t28-,30-,31-/m0/s1. The number of fused-ring (bicyclic) bond motifs is 3. The van der Waals surface area contributed by atoms with Gasteiger partial charge in [-0.2, -0.15) is 0 Å². The lowest BCUT2D eigenvalue weighted by atomic mass is 9.81. The average molecular weight is 552 g/mol. The summed E-state index contributed by atoms with van der Waals surface area (Å²) in [5.74, 6) is 2.89. The monoisotopic (exact) mass is 551 g/mol. The molecule has 1 saturated heterocycles. The molecule has 6 heteroatoms. The number of benzene rings is 4. The molecule has 0 aliphatic carbocycles. The van der Waals surface area contributed by atoms with Crippen molar-refractivity contribution in [2.24, 2.45) is 0 Å². The van der Waals surface area contributed by atoms with Gasteiger partial charge in [-0.15, -0.1) is 0 Å². The number of methoxy groups -OCH3 is 2. The summed E-state index contributed by atoms with van der Waals surface area (Å²) in [6, 6.07) is 30.9. The molecule has 3 atom stereocenters. The van der Waals surface area contributed by atoms with Crippen LogP contribution in [0.2, 0.25) is 0 Å². The van der Waals surface area contributed by atoms with E-state index in [1.165, 1.54) is 11.1 Å². The van der Waals surface area contributed by atoms with Crippen LogP contribution in [-0.4, -0.2) is 36.9 Å². The Labute approximate surface area is 242 Å². The second-order valence-corrected chi connectivity index (χ2v) is 10.8. The topological polar surface area (TPSA) is 60.4 Å². The Morgan fingerprint density at radius 1 is 0.683 bits per heavy atom. The number of aliphatic hydroxyl groups excluding tert-OH is 1. The summed E-state index contributed by atoms with van der Waals surface area (Å²) in [5.41, 5.74) is 5.79. The number of hydrogen-bond donors (Lipinski definition) is 1. The third kappa shape index (κ3) is 5.90. The second-order valence-electron chi connectivity index (χ2n) is 10.8. The van der Waals surface area contributed by atoms with Gasteiger partial charge in [0.25, 0.3) is 0 Å². The van der Waals surface area contributed by atoms with Gasteiger partial charge in [0.1, 0.15) is 13.2 Å². The van der Waals surface area contributed by atoms with Gasteiger partial charge in [-0.3, -0.25) is 4.90 Å². The molecule has 0 unspecified atom stereocenters. The van der Waals surface area contributed by atoms with Crippen LogP contribution in [0.3, 0.4) is 0 Å². The maximum atomic E-state index is 11.1. The summed E-state index contributed by atoms with van der Waals surface area (Å²) in [6.45, 7) is 1.81. The lowest BCUT2D eigenvalue weighted by Crippen LogP contribution is -2.45. The lowest BCUT2D eigenvalue weighted by molar-refractivity contribution is -0.00697. The van der Waals surface area contributed by atoms with E-state index in [-0.39, 0.29) is 12.1 Å². The first kappa shape index (κ1) is 27.2. The highest BCUT2D eigenvalue weighted by Crippen LogP contribution is 2.48. The molecule has 4 aromatic rings. The molecule has 0 saturated carbocycles. The molecule has 4 aromatic carbocycles. The maximum absolute atomic E-state index is 11.1. The average Bonchev–Trinajstić information content (AvgIpc) is 3.02. The molecule has 6 rings (SSSR count). The van der Waals surface area contributed by atoms with Crippen LogP contribution in [0.15, 0.2) is 91.0 Å². The molecule has 0 amide bonds. The summed E-state index contributed by atoms with van der Waals surface area (Å²) in [7, 11) is 3.31. The van der Waals surface area contributed by atoms with Gasteiger partial charge in [0.15, 0.2) is 23.0 Å². The van der Waals surface area contributed by atoms with E-state index in [0.717, 1.165) is 41.2 Å². The molecule has 0 spiro atoms. The van der Waals surface area contributed by atoms with Crippen molar-refractivity contribution in [3.8, 4) is 23.0 Å². The van der Waals surface area contributed by atoms with E-state index in [4.69, 9.17) is 18.9 Å². The van der Waals surface area contributed by atoms with Gasteiger partial charge in [0.2, 0.25) is 0 Å². The number of nitrogens with zero attached hydrogens (tertiary/aromatic N) is 1. The van der Waals surface area contributed by atoms with Crippen molar-refractivity contribution < 1.29 is 24.1 Å². The first-order chi connectivity index (χ1) is 20.1. The van der Waals surface area contributed by atoms with Gasteiger partial charge in [0, 0.05) is 18.6 Å². The number of rotatable bonds is 9. The van der Waals surface area contributed by atoms with E-state index in [1.54, 1.807) is 14.2 Å². The van der Waals surface area contributed by atoms with Crippen LogP contribution in [0.5, 0.6) is 23.0 Å². The van der Waals surface area contributed by atoms with Crippen LogP contribution in [0.4, 0.5) is 0 Å². The Bertz CT molecular complexity index is 1460.